The smallest absolute Gasteiger partial charge is 0.373 e. The molecule has 2 unspecified atom stereocenters. The van der Waals surface area contributed by atoms with Crippen molar-refractivity contribution in [3.05, 3.63) is 23.7 Å². The van der Waals surface area contributed by atoms with Crippen LogP contribution in [0.3, 0.4) is 0 Å². The van der Waals surface area contributed by atoms with E-state index in [4.69, 9.17) is 4.42 Å². The lowest BCUT2D eigenvalue weighted by molar-refractivity contribution is 0.0181. The van der Waals surface area contributed by atoms with Gasteiger partial charge in [0.15, 0.2) is 0 Å². The van der Waals surface area contributed by atoms with E-state index in [1.807, 2.05) is 0 Å². The number of carbonyl (C=O) groups excluding carboxylic acids is 1. The summed E-state index contributed by atoms with van der Waals surface area (Å²) in [5.74, 6) is -0.446. The number of methoxy groups -OCH3 is 1. The first-order valence-corrected chi connectivity index (χ1v) is 4.88. The van der Waals surface area contributed by atoms with Crippen molar-refractivity contribution >= 4 is 18.6 Å². The van der Waals surface area contributed by atoms with Crippen molar-refractivity contribution in [2.45, 2.75) is 12.2 Å². The van der Waals surface area contributed by atoms with Crippen molar-refractivity contribution in [1.29, 1.82) is 0 Å². The zero-order chi connectivity index (χ0) is 11.4. The fourth-order valence-electron chi connectivity index (χ4n) is 1.01. The fraction of sp³-hybridized carbons (Fsp3) is 0.444. The lowest BCUT2D eigenvalue weighted by Crippen LogP contribution is -2.19. The maximum Gasteiger partial charge on any atom is 0.373 e. The minimum atomic E-state index is -1.19. The summed E-state index contributed by atoms with van der Waals surface area (Å²) in [5, 5.41) is 18.8. The van der Waals surface area contributed by atoms with Crippen molar-refractivity contribution in [2.75, 3.05) is 12.9 Å². The number of furan rings is 1. The molecule has 0 aliphatic carbocycles. The number of aliphatic hydroxyl groups excluding tert-OH is 2. The number of hydrogen-bond donors (Lipinski definition) is 3. The summed E-state index contributed by atoms with van der Waals surface area (Å²) in [7, 11) is 1.23. The average molecular weight is 232 g/mol. The molecule has 0 aliphatic rings. The summed E-state index contributed by atoms with van der Waals surface area (Å²) < 4.78 is 9.43. The molecule has 1 aromatic rings. The van der Waals surface area contributed by atoms with E-state index in [2.05, 4.69) is 17.4 Å². The molecule has 84 valence electrons. The number of ether oxygens (including phenoxy) is 1. The number of hydrogen-bond acceptors (Lipinski definition) is 6. The molecule has 1 aromatic heterocycles. The van der Waals surface area contributed by atoms with Gasteiger partial charge in [0.2, 0.25) is 5.76 Å². The molecule has 0 bridgehead atoms. The Labute approximate surface area is 92.1 Å². The minimum Gasteiger partial charge on any atom is -0.463 e. The van der Waals surface area contributed by atoms with Crippen LogP contribution in [0.5, 0.6) is 0 Å². The van der Waals surface area contributed by atoms with Crippen molar-refractivity contribution < 1.29 is 24.2 Å². The molecule has 0 spiro atoms. The molecule has 2 atom stereocenters. The van der Waals surface area contributed by atoms with Gasteiger partial charge in [0, 0.05) is 5.75 Å². The Morgan fingerprint density at radius 1 is 1.60 bits per heavy atom. The first kappa shape index (κ1) is 12.1. The van der Waals surface area contributed by atoms with E-state index in [1.54, 1.807) is 0 Å². The van der Waals surface area contributed by atoms with E-state index in [1.165, 1.54) is 19.2 Å². The van der Waals surface area contributed by atoms with E-state index in [-0.39, 0.29) is 17.3 Å². The van der Waals surface area contributed by atoms with Crippen LogP contribution in [0.25, 0.3) is 0 Å². The normalized spacial score (nSPS) is 14.7. The predicted octanol–water partition coefficient (Wildman–Crippen LogP) is 0.390. The van der Waals surface area contributed by atoms with Gasteiger partial charge in [0.1, 0.15) is 11.9 Å². The molecule has 1 rings (SSSR count). The van der Waals surface area contributed by atoms with E-state index in [0.717, 1.165) is 0 Å². The van der Waals surface area contributed by atoms with Gasteiger partial charge < -0.3 is 19.4 Å². The quantitative estimate of drug-likeness (QED) is 0.517. The summed E-state index contributed by atoms with van der Waals surface area (Å²) >= 11 is 3.83. The third kappa shape index (κ3) is 2.74. The van der Waals surface area contributed by atoms with Crippen LogP contribution in [0.15, 0.2) is 16.5 Å². The number of esters is 1. The second-order valence-electron chi connectivity index (χ2n) is 2.89. The Balaban J connectivity index is 2.79. The second-order valence-corrected chi connectivity index (χ2v) is 3.25. The maximum absolute atomic E-state index is 11.0. The SMILES string of the molecule is COC(=O)c1ccc(C(O)C(O)CS)o1. The van der Waals surface area contributed by atoms with Crippen molar-refractivity contribution in [3.8, 4) is 0 Å². The second kappa shape index (κ2) is 5.20. The topological polar surface area (TPSA) is 79.9 Å². The van der Waals surface area contributed by atoms with Crippen LogP contribution < -0.4 is 0 Å². The Bertz CT molecular complexity index is 335. The van der Waals surface area contributed by atoms with Gasteiger partial charge in [-0.05, 0) is 12.1 Å². The molecular formula is C9H12O5S. The predicted molar refractivity (Wildman–Crippen MR) is 54.9 cm³/mol. The van der Waals surface area contributed by atoms with Gasteiger partial charge in [-0.15, -0.1) is 0 Å². The molecule has 2 N–H and O–H groups in total. The third-order valence-corrected chi connectivity index (χ3v) is 2.23. The third-order valence-electron chi connectivity index (χ3n) is 1.86. The van der Waals surface area contributed by atoms with Crippen LogP contribution >= 0.6 is 12.6 Å². The molecule has 0 saturated carbocycles. The van der Waals surface area contributed by atoms with E-state index >= 15 is 0 Å². The van der Waals surface area contributed by atoms with Gasteiger partial charge in [0.05, 0.1) is 13.2 Å². The van der Waals surface area contributed by atoms with Gasteiger partial charge in [-0.3, -0.25) is 0 Å². The zero-order valence-corrected chi connectivity index (χ0v) is 8.98. The largest absolute Gasteiger partial charge is 0.463 e. The highest BCUT2D eigenvalue weighted by Gasteiger charge is 2.22. The first-order chi connectivity index (χ1) is 7.10. The summed E-state index contributed by atoms with van der Waals surface area (Å²) in [6, 6.07) is 2.78. The molecule has 0 aliphatic heterocycles. The highest BCUT2D eigenvalue weighted by atomic mass is 32.1. The Hall–Kier alpha value is -0.980. The monoisotopic (exact) mass is 232 g/mol. The fourth-order valence-corrected chi connectivity index (χ4v) is 1.21. The van der Waals surface area contributed by atoms with Crippen LogP contribution in [0, 0.1) is 0 Å². The van der Waals surface area contributed by atoms with Gasteiger partial charge in [0.25, 0.3) is 0 Å². The molecular weight excluding hydrogens is 220 g/mol. The highest BCUT2D eigenvalue weighted by Crippen LogP contribution is 2.20. The van der Waals surface area contributed by atoms with Gasteiger partial charge in [-0.1, -0.05) is 0 Å². The molecule has 5 nitrogen and oxygen atoms in total. The van der Waals surface area contributed by atoms with Crippen LogP contribution in [0.1, 0.15) is 22.4 Å². The Morgan fingerprint density at radius 3 is 2.80 bits per heavy atom. The van der Waals surface area contributed by atoms with Gasteiger partial charge in [-0.25, -0.2) is 4.79 Å². The number of thiol groups is 1. The van der Waals surface area contributed by atoms with E-state index in [9.17, 15) is 15.0 Å². The van der Waals surface area contributed by atoms with Gasteiger partial charge in [-0.2, -0.15) is 12.6 Å². The van der Waals surface area contributed by atoms with Crippen LogP contribution in [0.2, 0.25) is 0 Å². The zero-order valence-electron chi connectivity index (χ0n) is 8.08. The molecule has 0 saturated heterocycles. The first-order valence-electron chi connectivity index (χ1n) is 4.25. The molecule has 0 aromatic carbocycles. The summed E-state index contributed by atoms with van der Waals surface area (Å²) in [6.45, 7) is 0. The summed E-state index contributed by atoms with van der Waals surface area (Å²) in [6.07, 6.45) is -2.23. The van der Waals surface area contributed by atoms with E-state index in [0.29, 0.717) is 0 Å². The summed E-state index contributed by atoms with van der Waals surface area (Å²) in [4.78, 5) is 11.0. The molecule has 0 fully saturated rings. The van der Waals surface area contributed by atoms with Crippen LogP contribution in [0.4, 0.5) is 0 Å². The molecule has 15 heavy (non-hydrogen) atoms. The Kier molecular flexibility index (Phi) is 4.19. The number of carbonyl (C=O) groups is 1. The highest BCUT2D eigenvalue weighted by molar-refractivity contribution is 7.80. The molecule has 1 heterocycles. The van der Waals surface area contributed by atoms with Crippen LogP contribution in [-0.2, 0) is 4.74 Å². The minimum absolute atomic E-state index is 0.0158. The van der Waals surface area contributed by atoms with E-state index < -0.39 is 18.2 Å². The number of aliphatic hydroxyl groups is 2. The lowest BCUT2D eigenvalue weighted by Gasteiger charge is -2.12. The van der Waals surface area contributed by atoms with Crippen molar-refractivity contribution in [1.82, 2.24) is 0 Å². The van der Waals surface area contributed by atoms with Crippen LogP contribution in [-0.4, -0.2) is 35.1 Å². The molecule has 6 heteroatoms. The van der Waals surface area contributed by atoms with Crippen molar-refractivity contribution in [2.24, 2.45) is 0 Å². The molecule has 0 amide bonds. The van der Waals surface area contributed by atoms with Gasteiger partial charge >= 0.3 is 5.97 Å². The standard InChI is InChI=1S/C9H12O5S/c1-13-9(12)7-3-2-6(14-7)8(11)5(10)4-15/h2-3,5,8,10-11,15H,4H2,1H3. The summed E-state index contributed by atoms with van der Waals surface area (Å²) in [5.41, 5.74) is 0. The maximum atomic E-state index is 11.0. The lowest BCUT2D eigenvalue weighted by atomic mass is 10.2. The Morgan fingerprint density at radius 2 is 2.27 bits per heavy atom. The number of rotatable bonds is 4. The molecule has 0 radical (unpaired) electrons. The van der Waals surface area contributed by atoms with Crippen molar-refractivity contribution in [3.63, 3.8) is 0 Å². The average Bonchev–Trinajstić information content (AvgIpc) is 2.75.